The van der Waals surface area contributed by atoms with E-state index in [1.807, 2.05) is 36.4 Å². The van der Waals surface area contributed by atoms with Crippen LogP contribution in [-0.4, -0.2) is 54.6 Å². The van der Waals surface area contributed by atoms with Crippen molar-refractivity contribution in [2.75, 3.05) is 37.6 Å². The number of aromatic carboxylic acids is 1. The molecule has 0 bridgehead atoms. The maximum absolute atomic E-state index is 14.2. The third-order valence-electron chi connectivity index (χ3n) is 7.50. The van der Waals surface area contributed by atoms with Gasteiger partial charge in [0.15, 0.2) is 0 Å². The van der Waals surface area contributed by atoms with Crippen LogP contribution in [0.5, 0.6) is 0 Å². The number of carboxylic acid groups (broad SMARTS) is 1. The van der Waals surface area contributed by atoms with Gasteiger partial charge < -0.3 is 10.0 Å². The molecule has 1 saturated carbocycles. The molecule has 5 rings (SSSR count). The SMILES string of the molecule is O=C(O)c1ccc(N2CCN(CC3=C(c4ccc(Cl)cc4)CCC4(C3)CC4(F)F)CC2)cc1. The van der Waals surface area contributed by atoms with Gasteiger partial charge in [-0.1, -0.05) is 29.3 Å². The van der Waals surface area contributed by atoms with Crippen LogP contribution in [0.2, 0.25) is 5.02 Å². The smallest absolute Gasteiger partial charge is 0.335 e. The number of carboxylic acids is 1. The van der Waals surface area contributed by atoms with Crippen LogP contribution in [-0.2, 0) is 0 Å². The van der Waals surface area contributed by atoms with Gasteiger partial charge in [0, 0.05) is 55.3 Å². The molecule has 33 heavy (non-hydrogen) atoms. The van der Waals surface area contributed by atoms with Gasteiger partial charge in [-0.25, -0.2) is 13.6 Å². The lowest BCUT2D eigenvalue weighted by atomic mass is 9.78. The first-order valence-corrected chi connectivity index (χ1v) is 11.8. The molecule has 4 nitrogen and oxygen atoms in total. The lowest BCUT2D eigenvalue weighted by Gasteiger charge is -2.38. The average Bonchev–Trinajstić information content (AvgIpc) is 3.33. The molecule has 1 N–H and O–H groups in total. The predicted molar refractivity (Wildman–Crippen MR) is 126 cm³/mol. The molecule has 2 aromatic rings. The number of alkyl halides is 2. The number of benzene rings is 2. The number of piperazine rings is 1. The highest BCUT2D eigenvalue weighted by atomic mass is 35.5. The molecule has 0 aromatic heterocycles. The maximum atomic E-state index is 14.2. The Hall–Kier alpha value is -2.44. The van der Waals surface area contributed by atoms with Gasteiger partial charge in [0.2, 0.25) is 0 Å². The van der Waals surface area contributed by atoms with E-state index in [-0.39, 0.29) is 12.0 Å². The van der Waals surface area contributed by atoms with Crippen molar-refractivity contribution in [2.24, 2.45) is 5.41 Å². The van der Waals surface area contributed by atoms with Gasteiger partial charge in [0.05, 0.1) is 5.56 Å². The molecule has 174 valence electrons. The normalized spacial score (nSPS) is 24.9. The molecule has 1 atom stereocenters. The highest BCUT2D eigenvalue weighted by molar-refractivity contribution is 6.30. The quantitative estimate of drug-likeness (QED) is 0.595. The van der Waals surface area contributed by atoms with E-state index in [1.54, 1.807) is 12.1 Å². The fourth-order valence-electron chi connectivity index (χ4n) is 5.39. The summed E-state index contributed by atoms with van der Waals surface area (Å²) in [7, 11) is 0. The second-order valence-electron chi connectivity index (χ2n) is 9.54. The molecule has 0 amide bonds. The lowest BCUT2D eigenvalue weighted by molar-refractivity contribution is 0.0583. The molecule has 1 unspecified atom stereocenters. The van der Waals surface area contributed by atoms with E-state index in [0.29, 0.717) is 30.8 Å². The van der Waals surface area contributed by atoms with E-state index in [2.05, 4.69) is 9.80 Å². The molecule has 1 aliphatic heterocycles. The minimum atomic E-state index is -2.54. The van der Waals surface area contributed by atoms with Gasteiger partial charge in [0.25, 0.3) is 5.92 Å². The molecule has 0 radical (unpaired) electrons. The van der Waals surface area contributed by atoms with Crippen LogP contribution in [0.3, 0.4) is 0 Å². The highest BCUT2D eigenvalue weighted by Crippen LogP contribution is 2.68. The van der Waals surface area contributed by atoms with Crippen molar-refractivity contribution in [3.8, 4) is 0 Å². The van der Waals surface area contributed by atoms with Crippen molar-refractivity contribution in [1.82, 2.24) is 4.90 Å². The molecule has 2 fully saturated rings. The van der Waals surface area contributed by atoms with Gasteiger partial charge in [-0.05, 0) is 66.8 Å². The predicted octanol–water partition coefficient (Wildman–Crippen LogP) is 5.82. The van der Waals surface area contributed by atoms with Crippen LogP contribution in [0, 0.1) is 5.41 Å². The van der Waals surface area contributed by atoms with Crippen molar-refractivity contribution >= 4 is 28.8 Å². The van der Waals surface area contributed by atoms with Crippen molar-refractivity contribution in [1.29, 1.82) is 0 Å². The topological polar surface area (TPSA) is 43.8 Å². The summed E-state index contributed by atoms with van der Waals surface area (Å²) in [5.74, 6) is -3.47. The zero-order chi connectivity index (χ0) is 23.2. The summed E-state index contributed by atoms with van der Waals surface area (Å²) in [5, 5.41) is 9.76. The summed E-state index contributed by atoms with van der Waals surface area (Å²) in [5.41, 5.74) is 3.88. The van der Waals surface area contributed by atoms with Crippen molar-refractivity contribution in [2.45, 2.75) is 31.6 Å². The first kappa shape index (κ1) is 22.4. The molecular weight excluding hydrogens is 446 g/mol. The van der Waals surface area contributed by atoms with Crippen LogP contribution >= 0.6 is 11.6 Å². The van der Waals surface area contributed by atoms with Gasteiger partial charge in [0.1, 0.15) is 0 Å². The Morgan fingerprint density at radius 2 is 1.64 bits per heavy atom. The summed E-state index contributed by atoms with van der Waals surface area (Å²) < 4.78 is 28.5. The van der Waals surface area contributed by atoms with Crippen LogP contribution in [0.1, 0.15) is 41.6 Å². The van der Waals surface area contributed by atoms with Crippen molar-refractivity contribution in [3.63, 3.8) is 0 Å². The molecule has 3 aliphatic rings. The summed E-state index contributed by atoms with van der Waals surface area (Å²) in [6, 6.07) is 14.7. The second kappa shape index (κ2) is 8.41. The van der Waals surface area contributed by atoms with Gasteiger partial charge in [-0.15, -0.1) is 0 Å². The number of hydrogen-bond donors (Lipinski definition) is 1. The monoisotopic (exact) mass is 472 g/mol. The maximum Gasteiger partial charge on any atom is 0.335 e. The molecule has 2 aliphatic carbocycles. The molecule has 1 saturated heterocycles. The van der Waals surface area contributed by atoms with E-state index in [9.17, 15) is 13.6 Å². The fourth-order valence-corrected chi connectivity index (χ4v) is 5.51. The van der Waals surface area contributed by atoms with E-state index < -0.39 is 17.3 Å². The Morgan fingerprint density at radius 3 is 2.21 bits per heavy atom. The first-order chi connectivity index (χ1) is 15.8. The van der Waals surface area contributed by atoms with Crippen LogP contribution in [0.15, 0.2) is 54.1 Å². The first-order valence-electron chi connectivity index (χ1n) is 11.4. The number of halogens is 3. The fraction of sp³-hybridized carbons (Fsp3) is 0.423. The molecule has 2 aromatic carbocycles. The second-order valence-corrected chi connectivity index (χ2v) is 9.98. The zero-order valence-electron chi connectivity index (χ0n) is 18.4. The number of carbonyl (C=O) groups is 1. The number of allylic oxidation sites excluding steroid dienone is 1. The number of rotatable bonds is 5. The van der Waals surface area contributed by atoms with E-state index in [4.69, 9.17) is 16.7 Å². The largest absolute Gasteiger partial charge is 0.478 e. The molecule has 7 heteroatoms. The van der Waals surface area contributed by atoms with E-state index in [0.717, 1.165) is 43.0 Å². The Kier molecular flexibility index (Phi) is 5.69. The Morgan fingerprint density at radius 1 is 1.00 bits per heavy atom. The van der Waals surface area contributed by atoms with Crippen LogP contribution in [0.25, 0.3) is 5.57 Å². The highest BCUT2D eigenvalue weighted by Gasteiger charge is 2.70. The third-order valence-corrected chi connectivity index (χ3v) is 7.75. The van der Waals surface area contributed by atoms with Crippen LogP contribution < -0.4 is 4.90 Å². The summed E-state index contributed by atoms with van der Waals surface area (Å²) in [6.45, 7) is 4.01. The number of nitrogens with zero attached hydrogens (tertiary/aromatic N) is 2. The van der Waals surface area contributed by atoms with Crippen molar-refractivity contribution in [3.05, 3.63) is 70.3 Å². The van der Waals surface area contributed by atoms with Gasteiger partial charge in [-0.3, -0.25) is 4.90 Å². The standard InChI is InChI=1S/C26H27ClF2N2O2/c27-21-5-1-18(2-6-21)23-9-10-25(17-26(25,28)29)15-20(23)16-30-11-13-31(14-12-30)22-7-3-19(4-8-22)24(32)33/h1-8H,9-17H2,(H,32,33). The minimum absolute atomic E-state index is 0.0114. The lowest BCUT2D eigenvalue weighted by Crippen LogP contribution is -2.47. The number of hydrogen-bond acceptors (Lipinski definition) is 3. The van der Waals surface area contributed by atoms with E-state index >= 15 is 0 Å². The molecule has 1 spiro atoms. The summed E-state index contributed by atoms with van der Waals surface area (Å²) >= 11 is 6.07. The van der Waals surface area contributed by atoms with Crippen LogP contribution in [0.4, 0.5) is 14.5 Å². The minimum Gasteiger partial charge on any atom is -0.478 e. The average molecular weight is 473 g/mol. The Balaban J connectivity index is 1.30. The molecule has 1 heterocycles. The van der Waals surface area contributed by atoms with Crippen molar-refractivity contribution < 1.29 is 18.7 Å². The zero-order valence-corrected chi connectivity index (χ0v) is 19.1. The van der Waals surface area contributed by atoms with Gasteiger partial charge in [-0.2, -0.15) is 0 Å². The van der Waals surface area contributed by atoms with E-state index in [1.165, 1.54) is 5.57 Å². The molecular formula is C26H27ClF2N2O2. The Labute approximate surface area is 197 Å². The van der Waals surface area contributed by atoms with Gasteiger partial charge >= 0.3 is 5.97 Å². The summed E-state index contributed by atoms with van der Waals surface area (Å²) in [4.78, 5) is 15.7. The number of anilines is 1. The third kappa shape index (κ3) is 4.38. The summed E-state index contributed by atoms with van der Waals surface area (Å²) in [6.07, 6.45) is 1.70. The Bertz CT molecular complexity index is 1080.